The first-order valence-corrected chi connectivity index (χ1v) is 7.36. The second-order valence-electron chi connectivity index (χ2n) is 4.24. The van der Waals surface area contributed by atoms with Gasteiger partial charge in [-0.25, -0.2) is 8.42 Å². The van der Waals surface area contributed by atoms with Gasteiger partial charge in [-0.1, -0.05) is 6.07 Å². The van der Waals surface area contributed by atoms with Crippen molar-refractivity contribution >= 4 is 27.1 Å². The van der Waals surface area contributed by atoms with Crippen LogP contribution in [-0.4, -0.2) is 38.9 Å². The van der Waals surface area contributed by atoms with Crippen molar-refractivity contribution < 1.29 is 13.2 Å². The summed E-state index contributed by atoms with van der Waals surface area (Å²) in [5.41, 5.74) is 12.4. The summed E-state index contributed by atoms with van der Waals surface area (Å²) in [4.78, 5) is 13.1. The zero-order chi connectivity index (χ0) is 13.3. The number of amides is 1. The first-order valence-electron chi connectivity index (χ1n) is 5.54. The molecule has 0 aliphatic carbocycles. The predicted octanol–water partition coefficient (Wildman–Crippen LogP) is -0.397. The summed E-state index contributed by atoms with van der Waals surface area (Å²) in [6, 6.07) is 5.01. The Morgan fingerprint density at radius 2 is 1.83 bits per heavy atom. The van der Waals surface area contributed by atoms with Crippen LogP contribution in [0.25, 0.3) is 0 Å². The molecule has 1 fully saturated rings. The van der Waals surface area contributed by atoms with Crippen LogP contribution < -0.4 is 16.4 Å². The fourth-order valence-electron chi connectivity index (χ4n) is 2.00. The Bertz CT molecular complexity index is 569. The minimum atomic E-state index is -2.94. The molecule has 18 heavy (non-hydrogen) atoms. The highest BCUT2D eigenvalue weighted by molar-refractivity contribution is 7.91. The van der Waals surface area contributed by atoms with Crippen LogP contribution in [0.4, 0.5) is 11.4 Å². The number of para-hydroxylation sites is 1. The van der Waals surface area contributed by atoms with E-state index in [0.717, 1.165) is 0 Å². The lowest BCUT2D eigenvalue weighted by Gasteiger charge is -2.30. The van der Waals surface area contributed by atoms with Gasteiger partial charge in [-0.3, -0.25) is 4.79 Å². The monoisotopic (exact) mass is 269 g/mol. The summed E-state index contributed by atoms with van der Waals surface area (Å²) in [5.74, 6) is -0.375. The van der Waals surface area contributed by atoms with Crippen LogP contribution in [-0.2, 0) is 9.84 Å². The standard InChI is InChI=1S/C11H15N3O3S/c12-10-8(11(13)15)2-1-3-9(10)14-4-6-18(16,17)7-5-14/h1-3H,4-7,12H2,(H2,13,15). The van der Waals surface area contributed by atoms with Crippen LogP contribution in [0.2, 0.25) is 0 Å². The summed E-state index contributed by atoms with van der Waals surface area (Å²) >= 11 is 0. The van der Waals surface area contributed by atoms with Gasteiger partial charge in [-0.15, -0.1) is 0 Å². The van der Waals surface area contributed by atoms with Crippen LogP contribution in [0, 0.1) is 0 Å². The van der Waals surface area contributed by atoms with Crippen molar-refractivity contribution in [3.05, 3.63) is 23.8 Å². The molecule has 7 heteroatoms. The molecule has 0 aromatic heterocycles. The van der Waals surface area contributed by atoms with Crippen molar-refractivity contribution in [1.29, 1.82) is 0 Å². The number of benzene rings is 1. The lowest BCUT2D eigenvalue weighted by molar-refractivity contribution is 0.100. The van der Waals surface area contributed by atoms with E-state index in [1.165, 1.54) is 0 Å². The first kappa shape index (κ1) is 12.7. The number of hydrogen-bond acceptors (Lipinski definition) is 5. The molecule has 4 N–H and O–H groups in total. The Morgan fingerprint density at radius 3 is 2.39 bits per heavy atom. The smallest absolute Gasteiger partial charge is 0.250 e. The number of carbonyl (C=O) groups excluding carboxylic acids is 1. The highest BCUT2D eigenvalue weighted by Gasteiger charge is 2.23. The molecule has 0 atom stereocenters. The third-order valence-corrected chi connectivity index (χ3v) is 4.64. The number of primary amides is 1. The summed E-state index contributed by atoms with van der Waals surface area (Å²) in [5, 5.41) is 0. The van der Waals surface area contributed by atoms with Crippen molar-refractivity contribution in [1.82, 2.24) is 0 Å². The predicted molar refractivity (Wildman–Crippen MR) is 70.2 cm³/mol. The first-order chi connectivity index (χ1) is 8.41. The number of nitrogens with zero attached hydrogens (tertiary/aromatic N) is 1. The molecule has 0 bridgehead atoms. The van der Waals surface area contributed by atoms with Gasteiger partial charge in [0.25, 0.3) is 5.91 Å². The maximum Gasteiger partial charge on any atom is 0.250 e. The second kappa shape index (κ2) is 4.49. The van der Waals surface area contributed by atoms with Crippen molar-refractivity contribution in [2.75, 3.05) is 35.2 Å². The van der Waals surface area contributed by atoms with E-state index < -0.39 is 15.7 Å². The lowest BCUT2D eigenvalue weighted by Crippen LogP contribution is -2.40. The average Bonchev–Trinajstić information content (AvgIpc) is 2.29. The van der Waals surface area contributed by atoms with Gasteiger partial charge in [-0.2, -0.15) is 0 Å². The van der Waals surface area contributed by atoms with Gasteiger partial charge in [0.2, 0.25) is 0 Å². The minimum absolute atomic E-state index is 0.104. The minimum Gasteiger partial charge on any atom is -0.396 e. The maximum atomic E-state index is 11.4. The highest BCUT2D eigenvalue weighted by atomic mass is 32.2. The maximum absolute atomic E-state index is 11.4. The topological polar surface area (TPSA) is 106 Å². The fourth-order valence-corrected chi connectivity index (χ4v) is 3.20. The van der Waals surface area contributed by atoms with Gasteiger partial charge < -0.3 is 16.4 Å². The lowest BCUT2D eigenvalue weighted by atomic mass is 10.1. The second-order valence-corrected chi connectivity index (χ2v) is 6.55. The average molecular weight is 269 g/mol. The van der Waals surface area contributed by atoms with Gasteiger partial charge >= 0.3 is 0 Å². The fraction of sp³-hybridized carbons (Fsp3) is 0.364. The van der Waals surface area contributed by atoms with Crippen LogP contribution >= 0.6 is 0 Å². The van der Waals surface area contributed by atoms with Crippen LogP contribution in [0.5, 0.6) is 0 Å². The molecule has 0 unspecified atom stereocenters. The largest absolute Gasteiger partial charge is 0.396 e. The molecular formula is C11H15N3O3S. The van der Waals surface area contributed by atoms with Gasteiger partial charge in [0.05, 0.1) is 28.4 Å². The van der Waals surface area contributed by atoms with E-state index in [9.17, 15) is 13.2 Å². The third-order valence-electron chi connectivity index (χ3n) is 3.03. The summed E-state index contributed by atoms with van der Waals surface area (Å²) < 4.78 is 22.7. The molecule has 1 aliphatic heterocycles. The zero-order valence-electron chi connectivity index (χ0n) is 9.80. The molecule has 1 amide bonds. The van der Waals surface area contributed by atoms with Gasteiger partial charge in [-0.05, 0) is 12.1 Å². The Labute approximate surface area is 105 Å². The van der Waals surface area contributed by atoms with E-state index in [4.69, 9.17) is 11.5 Å². The van der Waals surface area contributed by atoms with Crippen LogP contribution in [0.1, 0.15) is 10.4 Å². The molecular weight excluding hydrogens is 254 g/mol. The number of anilines is 2. The number of sulfone groups is 1. The Hall–Kier alpha value is -1.76. The molecule has 0 radical (unpaired) electrons. The van der Waals surface area contributed by atoms with E-state index >= 15 is 0 Å². The number of nitrogens with two attached hydrogens (primary N) is 2. The van der Waals surface area contributed by atoms with Gasteiger partial charge in [0, 0.05) is 13.1 Å². The molecule has 0 spiro atoms. The number of rotatable bonds is 2. The number of hydrogen-bond donors (Lipinski definition) is 2. The zero-order valence-corrected chi connectivity index (χ0v) is 10.6. The van der Waals surface area contributed by atoms with Gasteiger partial charge in [0.15, 0.2) is 9.84 Å². The van der Waals surface area contributed by atoms with Crippen molar-refractivity contribution in [3.63, 3.8) is 0 Å². The van der Waals surface area contributed by atoms with Crippen molar-refractivity contribution in [2.45, 2.75) is 0 Å². The van der Waals surface area contributed by atoms with Gasteiger partial charge in [0.1, 0.15) is 0 Å². The van der Waals surface area contributed by atoms with E-state index in [2.05, 4.69) is 0 Å². The molecule has 1 aromatic rings. The molecule has 1 aromatic carbocycles. The van der Waals surface area contributed by atoms with Crippen LogP contribution in [0.3, 0.4) is 0 Å². The summed E-state index contributed by atoms with van der Waals surface area (Å²) in [6.45, 7) is 0.767. The van der Waals surface area contributed by atoms with Crippen molar-refractivity contribution in [3.8, 4) is 0 Å². The van der Waals surface area contributed by atoms with E-state index in [1.54, 1.807) is 18.2 Å². The van der Waals surface area contributed by atoms with Crippen molar-refractivity contribution in [2.24, 2.45) is 5.73 Å². The molecule has 1 heterocycles. The van der Waals surface area contributed by atoms with E-state index in [0.29, 0.717) is 24.5 Å². The Kier molecular flexibility index (Phi) is 3.16. The van der Waals surface area contributed by atoms with E-state index in [-0.39, 0.29) is 17.1 Å². The number of nitrogen functional groups attached to an aromatic ring is 1. The summed E-state index contributed by atoms with van der Waals surface area (Å²) in [6.07, 6.45) is 0. The third kappa shape index (κ3) is 2.40. The summed E-state index contributed by atoms with van der Waals surface area (Å²) in [7, 11) is -2.94. The molecule has 98 valence electrons. The highest BCUT2D eigenvalue weighted by Crippen LogP contribution is 2.27. The normalized spacial score (nSPS) is 18.6. The van der Waals surface area contributed by atoms with Crippen LogP contribution in [0.15, 0.2) is 18.2 Å². The SMILES string of the molecule is NC(=O)c1cccc(N2CCS(=O)(=O)CC2)c1N. The molecule has 6 nitrogen and oxygen atoms in total. The Morgan fingerprint density at radius 1 is 1.22 bits per heavy atom. The van der Waals surface area contributed by atoms with E-state index in [1.807, 2.05) is 4.90 Å². The molecule has 1 aliphatic rings. The quantitative estimate of drug-likeness (QED) is 0.711. The molecule has 0 saturated carbocycles. The molecule has 2 rings (SSSR count). The number of carbonyl (C=O) groups is 1. The Balaban J connectivity index is 2.30. The molecule has 1 saturated heterocycles.